The highest BCUT2D eigenvalue weighted by Crippen LogP contribution is 2.30. The SMILES string of the molecule is O=C(Cn1sc2cc([N+](=O)[O-])ccc2c1=O)Nc1cccc(C(F)(F)F)c1. The Balaban J connectivity index is 1.81. The average Bonchev–Trinajstić information content (AvgIpc) is 2.89. The zero-order chi connectivity index (χ0) is 19.8. The number of non-ortho nitro benzene ring substituents is 1. The molecule has 1 heterocycles. The predicted octanol–water partition coefficient (Wildman–Crippen LogP) is 3.63. The van der Waals surface area contributed by atoms with Crippen molar-refractivity contribution in [3.8, 4) is 0 Å². The van der Waals surface area contributed by atoms with Crippen molar-refractivity contribution in [2.45, 2.75) is 12.7 Å². The molecule has 2 aromatic carbocycles. The fourth-order valence-corrected chi connectivity index (χ4v) is 3.41. The number of aromatic nitrogens is 1. The monoisotopic (exact) mass is 397 g/mol. The fraction of sp³-hybridized carbons (Fsp3) is 0.125. The van der Waals surface area contributed by atoms with Crippen LogP contribution in [0.3, 0.4) is 0 Å². The summed E-state index contributed by atoms with van der Waals surface area (Å²) in [6.45, 7) is -0.428. The molecule has 0 aliphatic carbocycles. The molecule has 3 aromatic rings. The lowest BCUT2D eigenvalue weighted by atomic mass is 10.2. The zero-order valence-electron chi connectivity index (χ0n) is 13.3. The van der Waals surface area contributed by atoms with Crippen molar-refractivity contribution >= 4 is 38.9 Å². The number of hydrogen-bond acceptors (Lipinski definition) is 5. The lowest BCUT2D eigenvalue weighted by Gasteiger charge is -2.09. The van der Waals surface area contributed by atoms with Gasteiger partial charge in [-0.1, -0.05) is 17.6 Å². The van der Waals surface area contributed by atoms with E-state index in [4.69, 9.17) is 0 Å². The minimum Gasteiger partial charge on any atom is -0.324 e. The largest absolute Gasteiger partial charge is 0.416 e. The van der Waals surface area contributed by atoms with Crippen molar-refractivity contribution < 1.29 is 22.9 Å². The maximum atomic E-state index is 12.7. The highest BCUT2D eigenvalue weighted by molar-refractivity contribution is 7.13. The van der Waals surface area contributed by atoms with E-state index in [1.165, 1.54) is 24.3 Å². The number of nitro groups is 1. The highest BCUT2D eigenvalue weighted by Gasteiger charge is 2.30. The Labute approximate surface area is 152 Å². The number of nitrogens with zero attached hydrogens (tertiary/aromatic N) is 2. The van der Waals surface area contributed by atoms with Crippen LogP contribution in [0.5, 0.6) is 0 Å². The van der Waals surface area contributed by atoms with Crippen LogP contribution in [0.1, 0.15) is 5.56 Å². The van der Waals surface area contributed by atoms with Crippen molar-refractivity contribution in [3.63, 3.8) is 0 Å². The summed E-state index contributed by atoms with van der Waals surface area (Å²) in [6.07, 6.45) is -4.54. The average molecular weight is 397 g/mol. The number of nitro benzene ring substituents is 1. The van der Waals surface area contributed by atoms with Crippen LogP contribution in [-0.4, -0.2) is 14.8 Å². The number of carbonyl (C=O) groups excluding carboxylic acids is 1. The molecule has 0 spiro atoms. The lowest BCUT2D eigenvalue weighted by molar-refractivity contribution is -0.384. The number of anilines is 1. The van der Waals surface area contributed by atoms with Crippen molar-refractivity contribution in [2.24, 2.45) is 0 Å². The topological polar surface area (TPSA) is 94.2 Å². The van der Waals surface area contributed by atoms with E-state index in [2.05, 4.69) is 5.32 Å². The van der Waals surface area contributed by atoms with Crippen LogP contribution in [0, 0.1) is 10.1 Å². The number of rotatable bonds is 4. The van der Waals surface area contributed by atoms with E-state index in [9.17, 15) is 32.9 Å². The molecule has 27 heavy (non-hydrogen) atoms. The van der Waals surface area contributed by atoms with Gasteiger partial charge < -0.3 is 5.32 Å². The first-order valence-electron chi connectivity index (χ1n) is 7.40. The van der Waals surface area contributed by atoms with Gasteiger partial charge in [-0.3, -0.25) is 23.7 Å². The number of nitrogens with one attached hydrogen (secondary N) is 1. The Morgan fingerprint density at radius 1 is 1.22 bits per heavy atom. The second-order valence-electron chi connectivity index (χ2n) is 5.50. The maximum Gasteiger partial charge on any atom is 0.416 e. The zero-order valence-corrected chi connectivity index (χ0v) is 14.1. The molecule has 3 rings (SSSR count). The third kappa shape index (κ3) is 3.97. The summed E-state index contributed by atoms with van der Waals surface area (Å²) in [5.41, 5.74) is -1.67. The number of carbonyl (C=O) groups is 1. The van der Waals surface area contributed by atoms with Gasteiger partial charge in [0.15, 0.2) is 0 Å². The van der Waals surface area contributed by atoms with Crippen molar-refractivity contribution in [1.82, 2.24) is 3.96 Å². The smallest absolute Gasteiger partial charge is 0.324 e. The molecule has 11 heteroatoms. The van der Waals surface area contributed by atoms with Crippen LogP contribution >= 0.6 is 11.5 Å². The molecule has 0 saturated heterocycles. The Kier molecular flexibility index (Phi) is 4.70. The molecule has 1 aromatic heterocycles. The quantitative estimate of drug-likeness (QED) is 0.537. The second kappa shape index (κ2) is 6.83. The van der Waals surface area contributed by atoms with E-state index in [-0.39, 0.29) is 16.8 Å². The Hall–Kier alpha value is -3.21. The molecule has 0 atom stereocenters. The third-order valence-electron chi connectivity index (χ3n) is 3.60. The van der Waals surface area contributed by atoms with Crippen molar-refractivity contribution in [2.75, 3.05) is 5.32 Å². The lowest BCUT2D eigenvalue weighted by Crippen LogP contribution is -2.23. The summed E-state index contributed by atoms with van der Waals surface area (Å²) in [4.78, 5) is 34.5. The van der Waals surface area contributed by atoms with Gasteiger partial charge in [-0.15, -0.1) is 0 Å². The van der Waals surface area contributed by atoms with Crippen LogP contribution in [0.4, 0.5) is 24.5 Å². The van der Waals surface area contributed by atoms with Gasteiger partial charge in [-0.2, -0.15) is 13.2 Å². The van der Waals surface area contributed by atoms with Crippen LogP contribution in [0.2, 0.25) is 0 Å². The minimum absolute atomic E-state index is 0.0559. The molecule has 0 unspecified atom stereocenters. The molecule has 0 aliphatic rings. The summed E-state index contributed by atoms with van der Waals surface area (Å²) in [5, 5.41) is 13.3. The molecule has 0 fully saturated rings. The Bertz CT molecular complexity index is 1100. The molecule has 1 amide bonds. The van der Waals surface area contributed by atoms with Crippen LogP contribution in [-0.2, 0) is 17.5 Å². The first-order valence-corrected chi connectivity index (χ1v) is 8.18. The van der Waals surface area contributed by atoms with Crippen molar-refractivity contribution in [1.29, 1.82) is 0 Å². The predicted molar refractivity (Wildman–Crippen MR) is 92.8 cm³/mol. The number of amides is 1. The van der Waals surface area contributed by atoms with E-state index in [0.717, 1.165) is 33.7 Å². The summed E-state index contributed by atoms with van der Waals surface area (Å²) in [7, 11) is 0. The van der Waals surface area contributed by atoms with Gasteiger partial charge in [0.05, 0.1) is 20.6 Å². The normalized spacial score (nSPS) is 11.5. The molecule has 0 bridgehead atoms. The molecule has 0 saturated carbocycles. The Morgan fingerprint density at radius 3 is 2.63 bits per heavy atom. The number of fused-ring (bicyclic) bond motifs is 1. The van der Waals surface area contributed by atoms with E-state index in [1.807, 2.05) is 0 Å². The van der Waals surface area contributed by atoms with Gasteiger partial charge in [0, 0.05) is 17.8 Å². The summed E-state index contributed by atoms with van der Waals surface area (Å²) in [6, 6.07) is 7.82. The minimum atomic E-state index is -4.54. The summed E-state index contributed by atoms with van der Waals surface area (Å²) < 4.78 is 39.5. The second-order valence-corrected chi connectivity index (χ2v) is 6.56. The first kappa shape index (κ1) is 18.6. The number of benzene rings is 2. The molecule has 0 radical (unpaired) electrons. The van der Waals surface area contributed by atoms with Gasteiger partial charge in [-0.25, -0.2) is 0 Å². The van der Waals surface area contributed by atoms with E-state index in [1.54, 1.807) is 0 Å². The first-order chi connectivity index (χ1) is 12.6. The standard InChI is InChI=1S/C16H10F3N3O4S/c17-16(18,19)9-2-1-3-10(6-9)20-14(23)8-21-15(24)12-5-4-11(22(25)26)7-13(12)27-21/h1-7H,8H2,(H,20,23). The van der Waals surface area contributed by atoms with Gasteiger partial charge >= 0.3 is 6.18 Å². The Morgan fingerprint density at radius 2 is 1.96 bits per heavy atom. The highest BCUT2D eigenvalue weighted by atomic mass is 32.1. The molecular formula is C16H10F3N3O4S. The van der Waals surface area contributed by atoms with Crippen LogP contribution < -0.4 is 10.9 Å². The third-order valence-corrected chi connectivity index (χ3v) is 4.65. The maximum absolute atomic E-state index is 12.7. The van der Waals surface area contributed by atoms with Gasteiger partial charge in [0.1, 0.15) is 6.54 Å². The van der Waals surface area contributed by atoms with E-state index < -0.39 is 34.7 Å². The molecular weight excluding hydrogens is 387 g/mol. The number of alkyl halides is 3. The van der Waals surface area contributed by atoms with Crippen molar-refractivity contribution in [3.05, 3.63) is 68.5 Å². The van der Waals surface area contributed by atoms with E-state index >= 15 is 0 Å². The number of hydrogen-bond donors (Lipinski definition) is 1. The summed E-state index contributed by atoms with van der Waals surface area (Å²) in [5.74, 6) is -0.697. The summed E-state index contributed by atoms with van der Waals surface area (Å²) >= 11 is 0.861. The van der Waals surface area contributed by atoms with Gasteiger partial charge in [0.25, 0.3) is 11.2 Å². The molecule has 0 aliphatic heterocycles. The molecule has 140 valence electrons. The van der Waals surface area contributed by atoms with Crippen LogP contribution in [0.15, 0.2) is 47.3 Å². The molecule has 1 N–H and O–H groups in total. The van der Waals surface area contributed by atoms with Crippen LogP contribution in [0.25, 0.3) is 10.1 Å². The van der Waals surface area contributed by atoms with Gasteiger partial charge in [0.2, 0.25) is 5.91 Å². The van der Waals surface area contributed by atoms with E-state index in [0.29, 0.717) is 4.70 Å². The van der Waals surface area contributed by atoms with Gasteiger partial charge in [-0.05, 0) is 24.3 Å². The molecule has 7 nitrogen and oxygen atoms in total. The number of halogens is 3. The fourth-order valence-electron chi connectivity index (χ4n) is 2.38.